The van der Waals surface area contributed by atoms with Crippen LogP contribution in [0.2, 0.25) is 0 Å². The van der Waals surface area contributed by atoms with Gasteiger partial charge in [-0.1, -0.05) is 13.8 Å². The lowest BCUT2D eigenvalue weighted by Crippen LogP contribution is -2.42. The Labute approximate surface area is 105 Å². The molecule has 1 heterocycles. The smallest absolute Gasteiger partial charge is 0.00853 e. The van der Waals surface area contributed by atoms with Crippen molar-refractivity contribution >= 4 is 11.8 Å². The molecule has 16 heavy (non-hydrogen) atoms. The summed E-state index contributed by atoms with van der Waals surface area (Å²) < 4.78 is 0. The van der Waals surface area contributed by atoms with E-state index < -0.39 is 0 Å². The fourth-order valence-electron chi connectivity index (χ4n) is 3.15. The van der Waals surface area contributed by atoms with Crippen LogP contribution in [0.5, 0.6) is 0 Å². The Morgan fingerprint density at radius 2 is 1.44 bits per heavy atom. The van der Waals surface area contributed by atoms with Crippen LogP contribution in [0, 0.1) is 11.8 Å². The molecule has 0 amide bonds. The molecule has 1 aliphatic carbocycles. The molecule has 0 bridgehead atoms. The molecule has 2 rings (SSSR count). The van der Waals surface area contributed by atoms with Crippen LogP contribution in [0.15, 0.2) is 0 Å². The number of thioether (sulfide) groups is 1. The van der Waals surface area contributed by atoms with Crippen LogP contribution in [0.25, 0.3) is 0 Å². The van der Waals surface area contributed by atoms with Gasteiger partial charge in [-0.25, -0.2) is 0 Å². The van der Waals surface area contributed by atoms with E-state index in [1.807, 2.05) is 0 Å². The highest BCUT2D eigenvalue weighted by molar-refractivity contribution is 7.99. The summed E-state index contributed by atoms with van der Waals surface area (Å²) in [5.41, 5.74) is 0. The molecule has 1 saturated heterocycles. The van der Waals surface area contributed by atoms with E-state index in [1.54, 1.807) is 0 Å². The van der Waals surface area contributed by atoms with Crippen LogP contribution in [-0.2, 0) is 0 Å². The van der Waals surface area contributed by atoms with Gasteiger partial charge in [0.2, 0.25) is 0 Å². The van der Waals surface area contributed by atoms with Crippen molar-refractivity contribution in [3.8, 4) is 0 Å². The van der Waals surface area contributed by atoms with Crippen LogP contribution >= 0.6 is 11.8 Å². The van der Waals surface area contributed by atoms with Gasteiger partial charge in [0.25, 0.3) is 0 Å². The van der Waals surface area contributed by atoms with Crippen molar-refractivity contribution in [2.24, 2.45) is 11.8 Å². The van der Waals surface area contributed by atoms with Crippen LogP contribution in [0.3, 0.4) is 0 Å². The van der Waals surface area contributed by atoms with E-state index in [1.165, 1.54) is 50.0 Å². The van der Waals surface area contributed by atoms with Crippen molar-refractivity contribution in [1.82, 2.24) is 5.32 Å². The zero-order chi connectivity index (χ0) is 11.4. The summed E-state index contributed by atoms with van der Waals surface area (Å²) in [6.45, 7) is 4.77. The van der Waals surface area contributed by atoms with Crippen molar-refractivity contribution in [3.05, 3.63) is 0 Å². The molecular formula is C14H27NS. The van der Waals surface area contributed by atoms with Gasteiger partial charge in [0, 0.05) is 12.1 Å². The highest BCUT2D eigenvalue weighted by Gasteiger charge is 2.25. The number of nitrogens with one attached hydrogen (secondary N) is 1. The Morgan fingerprint density at radius 3 is 2.00 bits per heavy atom. The molecule has 0 atom stereocenters. The molecule has 1 N–H and O–H groups in total. The zero-order valence-corrected chi connectivity index (χ0v) is 11.7. The highest BCUT2D eigenvalue weighted by Crippen LogP contribution is 2.30. The molecule has 2 aliphatic rings. The summed E-state index contributed by atoms with van der Waals surface area (Å²) >= 11 is 2.12. The van der Waals surface area contributed by atoms with Gasteiger partial charge in [0.1, 0.15) is 0 Å². The fraction of sp³-hybridized carbons (Fsp3) is 1.00. The van der Waals surface area contributed by atoms with Gasteiger partial charge >= 0.3 is 0 Å². The summed E-state index contributed by atoms with van der Waals surface area (Å²) in [6, 6.07) is 1.67. The Morgan fingerprint density at radius 1 is 0.875 bits per heavy atom. The van der Waals surface area contributed by atoms with Crippen LogP contribution in [0.1, 0.15) is 52.4 Å². The molecule has 94 valence electrons. The Bertz CT molecular complexity index is 191. The van der Waals surface area contributed by atoms with Gasteiger partial charge in [0.15, 0.2) is 0 Å². The van der Waals surface area contributed by atoms with Gasteiger partial charge in [-0.3, -0.25) is 0 Å². The van der Waals surface area contributed by atoms with Crippen molar-refractivity contribution < 1.29 is 0 Å². The molecule has 0 spiro atoms. The highest BCUT2D eigenvalue weighted by atomic mass is 32.2. The zero-order valence-electron chi connectivity index (χ0n) is 10.9. The maximum absolute atomic E-state index is 3.90. The molecule has 1 nitrogen and oxygen atoms in total. The molecule has 0 aromatic heterocycles. The maximum atomic E-state index is 3.90. The monoisotopic (exact) mass is 241 g/mol. The third-order valence-corrected chi connectivity index (χ3v) is 5.46. The van der Waals surface area contributed by atoms with E-state index in [0.717, 1.165) is 23.9 Å². The molecule has 0 unspecified atom stereocenters. The fourth-order valence-corrected chi connectivity index (χ4v) is 4.26. The third kappa shape index (κ3) is 3.66. The van der Waals surface area contributed by atoms with Gasteiger partial charge in [0.05, 0.1) is 0 Å². The van der Waals surface area contributed by atoms with Crippen LogP contribution in [-0.4, -0.2) is 23.6 Å². The van der Waals surface area contributed by atoms with Gasteiger partial charge in [-0.2, -0.15) is 11.8 Å². The summed E-state index contributed by atoms with van der Waals surface area (Å²) in [5, 5.41) is 3.90. The van der Waals surface area contributed by atoms with Crippen molar-refractivity contribution in [1.29, 1.82) is 0 Å². The summed E-state index contributed by atoms with van der Waals surface area (Å²) in [7, 11) is 0. The lowest BCUT2D eigenvalue weighted by atomic mass is 9.79. The van der Waals surface area contributed by atoms with Crippen LogP contribution in [0.4, 0.5) is 0 Å². The quantitative estimate of drug-likeness (QED) is 0.809. The van der Waals surface area contributed by atoms with Crippen LogP contribution < -0.4 is 5.32 Å². The average Bonchev–Trinajstić information content (AvgIpc) is 2.31. The first-order valence-electron chi connectivity index (χ1n) is 7.09. The van der Waals surface area contributed by atoms with E-state index in [0.29, 0.717) is 0 Å². The van der Waals surface area contributed by atoms with Gasteiger partial charge in [-0.05, 0) is 61.9 Å². The van der Waals surface area contributed by atoms with Gasteiger partial charge in [-0.15, -0.1) is 0 Å². The average molecular weight is 241 g/mol. The second-order valence-corrected chi connectivity index (χ2v) is 7.13. The molecule has 2 fully saturated rings. The summed E-state index contributed by atoms with van der Waals surface area (Å²) in [4.78, 5) is 0. The first-order valence-corrected chi connectivity index (χ1v) is 8.25. The molecule has 1 saturated carbocycles. The Hall–Kier alpha value is 0.310. The van der Waals surface area contributed by atoms with Gasteiger partial charge < -0.3 is 5.32 Å². The predicted octanol–water partition coefficient (Wildman–Crippen LogP) is 3.69. The first kappa shape index (κ1) is 12.8. The number of hydrogen-bond donors (Lipinski definition) is 1. The lowest BCUT2D eigenvalue weighted by Gasteiger charge is -2.34. The first-order chi connectivity index (χ1) is 7.75. The lowest BCUT2D eigenvalue weighted by molar-refractivity contribution is 0.226. The summed E-state index contributed by atoms with van der Waals surface area (Å²) in [6.07, 6.45) is 8.55. The number of hydrogen-bond acceptors (Lipinski definition) is 2. The minimum Gasteiger partial charge on any atom is -0.311 e. The summed E-state index contributed by atoms with van der Waals surface area (Å²) in [5.74, 6) is 4.64. The minimum absolute atomic E-state index is 0.835. The molecule has 2 heteroatoms. The normalized spacial score (nSPS) is 33.2. The third-order valence-electron chi connectivity index (χ3n) is 4.41. The second-order valence-electron chi connectivity index (χ2n) is 5.91. The molecule has 0 aromatic carbocycles. The minimum atomic E-state index is 0.835. The van der Waals surface area contributed by atoms with E-state index in [4.69, 9.17) is 0 Å². The van der Waals surface area contributed by atoms with E-state index in [9.17, 15) is 0 Å². The second kappa shape index (κ2) is 6.30. The number of rotatable bonds is 3. The SMILES string of the molecule is CC(C)C1CCC(NC2CCSCC2)CC1. The maximum Gasteiger partial charge on any atom is 0.00853 e. The molecular weight excluding hydrogens is 214 g/mol. The molecule has 1 aliphatic heterocycles. The van der Waals surface area contributed by atoms with E-state index in [2.05, 4.69) is 30.9 Å². The van der Waals surface area contributed by atoms with Crippen molar-refractivity contribution in [3.63, 3.8) is 0 Å². The van der Waals surface area contributed by atoms with E-state index >= 15 is 0 Å². The Balaban J connectivity index is 1.68. The predicted molar refractivity (Wildman–Crippen MR) is 74.1 cm³/mol. The standard InChI is InChI=1S/C14H27NS/c1-11(2)12-3-5-13(6-4-12)15-14-7-9-16-10-8-14/h11-15H,3-10H2,1-2H3. The topological polar surface area (TPSA) is 12.0 Å². The molecule has 0 radical (unpaired) electrons. The van der Waals surface area contributed by atoms with Crippen molar-refractivity contribution in [2.45, 2.75) is 64.5 Å². The molecule has 0 aromatic rings. The van der Waals surface area contributed by atoms with Crippen molar-refractivity contribution in [2.75, 3.05) is 11.5 Å². The van der Waals surface area contributed by atoms with E-state index in [-0.39, 0.29) is 0 Å². The largest absolute Gasteiger partial charge is 0.311 e. The Kier molecular flexibility index (Phi) is 5.02.